The lowest BCUT2D eigenvalue weighted by Crippen LogP contribution is -2.34. The second-order valence-corrected chi connectivity index (χ2v) is 6.34. The van der Waals surface area contributed by atoms with E-state index in [4.69, 9.17) is 9.47 Å². The van der Waals surface area contributed by atoms with Gasteiger partial charge >= 0.3 is 0 Å². The van der Waals surface area contributed by atoms with Crippen LogP contribution in [0.1, 0.15) is 46.9 Å². The summed E-state index contributed by atoms with van der Waals surface area (Å²) in [5.74, 6) is -1.31. The van der Waals surface area contributed by atoms with Gasteiger partial charge in [-0.2, -0.15) is 0 Å². The summed E-state index contributed by atoms with van der Waals surface area (Å²) in [6.45, 7) is 3.70. The third-order valence-corrected chi connectivity index (χ3v) is 4.46. The number of carbonyl (C=O) groups is 3. The largest absolute Gasteiger partial charge is 0.356 e. The minimum Gasteiger partial charge on any atom is -0.356 e. The highest BCUT2D eigenvalue weighted by Gasteiger charge is 2.34. The quantitative estimate of drug-likeness (QED) is 0.753. The van der Waals surface area contributed by atoms with E-state index in [1.54, 1.807) is 24.3 Å². The van der Waals surface area contributed by atoms with Crippen LogP contribution in [-0.4, -0.2) is 54.7 Å². The summed E-state index contributed by atoms with van der Waals surface area (Å²) in [6, 6.07) is 6.77. The van der Waals surface area contributed by atoms with E-state index in [9.17, 15) is 14.4 Å². The summed E-state index contributed by atoms with van der Waals surface area (Å²) >= 11 is 0. The predicted molar refractivity (Wildman–Crippen MR) is 89.0 cm³/mol. The molecule has 1 N–H and O–H groups in total. The molecule has 0 atom stereocenters. The number of imide groups is 1. The van der Waals surface area contributed by atoms with E-state index in [1.807, 2.05) is 6.92 Å². The summed E-state index contributed by atoms with van der Waals surface area (Å²) in [5, 5.41) is 2.81. The molecular formula is C18H22N2O5. The van der Waals surface area contributed by atoms with Gasteiger partial charge in [0.25, 0.3) is 11.8 Å². The monoisotopic (exact) mass is 346 g/mol. The van der Waals surface area contributed by atoms with E-state index in [1.165, 1.54) is 4.90 Å². The molecule has 7 nitrogen and oxygen atoms in total. The molecule has 0 bridgehead atoms. The molecule has 2 aliphatic rings. The summed E-state index contributed by atoms with van der Waals surface area (Å²) in [6.07, 6.45) is 1.27. The Balaban J connectivity index is 1.39. The molecule has 0 spiro atoms. The lowest BCUT2D eigenvalue weighted by atomic mass is 10.1. The first-order chi connectivity index (χ1) is 12.0. The number of fused-ring (bicyclic) bond motifs is 1. The van der Waals surface area contributed by atoms with Gasteiger partial charge in [0.1, 0.15) is 0 Å². The van der Waals surface area contributed by atoms with Gasteiger partial charge in [0.15, 0.2) is 5.79 Å². The molecular weight excluding hydrogens is 324 g/mol. The van der Waals surface area contributed by atoms with Gasteiger partial charge in [-0.1, -0.05) is 12.1 Å². The second-order valence-electron chi connectivity index (χ2n) is 6.34. The number of nitrogens with zero attached hydrogens (tertiary/aromatic N) is 1. The Morgan fingerprint density at radius 2 is 1.76 bits per heavy atom. The fraction of sp³-hybridized carbons (Fsp3) is 0.500. The average molecular weight is 346 g/mol. The maximum Gasteiger partial charge on any atom is 0.261 e. The lowest BCUT2D eigenvalue weighted by Gasteiger charge is -2.22. The smallest absolute Gasteiger partial charge is 0.261 e. The highest BCUT2D eigenvalue weighted by atomic mass is 16.7. The number of hydrogen-bond acceptors (Lipinski definition) is 5. The fourth-order valence-corrected chi connectivity index (χ4v) is 3.06. The topological polar surface area (TPSA) is 84.9 Å². The van der Waals surface area contributed by atoms with Gasteiger partial charge in [-0.15, -0.1) is 0 Å². The van der Waals surface area contributed by atoms with Crippen LogP contribution in [0.5, 0.6) is 0 Å². The first kappa shape index (κ1) is 17.6. The molecule has 3 amide bonds. The number of rotatable bonds is 7. The number of carbonyl (C=O) groups excluding carboxylic acids is 3. The van der Waals surface area contributed by atoms with Crippen molar-refractivity contribution in [2.45, 2.75) is 32.0 Å². The zero-order valence-corrected chi connectivity index (χ0v) is 14.2. The van der Waals surface area contributed by atoms with Gasteiger partial charge in [0.05, 0.1) is 24.3 Å². The van der Waals surface area contributed by atoms with E-state index >= 15 is 0 Å². The Bertz CT molecular complexity index is 647. The first-order valence-corrected chi connectivity index (χ1v) is 8.50. The number of benzene rings is 1. The molecule has 0 radical (unpaired) electrons. The standard InChI is InChI=1S/C18H22N2O5/c1-18(24-11-12-25-18)8-9-19-15(21)7-4-10-20-16(22)13-5-2-3-6-14(13)17(20)23/h2-3,5-6H,4,7-12H2,1H3,(H,19,21). The van der Waals surface area contributed by atoms with Gasteiger partial charge in [-0.05, 0) is 25.5 Å². The Hall–Kier alpha value is -2.25. The highest BCUT2D eigenvalue weighted by molar-refractivity contribution is 6.21. The molecule has 2 aliphatic heterocycles. The molecule has 1 aromatic carbocycles. The van der Waals surface area contributed by atoms with Crippen molar-refractivity contribution in [3.8, 4) is 0 Å². The third kappa shape index (κ3) is 3.88. The van der Waals surface area contributed by atoms with Crippen LogP contribution in [0.4, 0.5) is 0 Å². The molecule has 0 unspecified atom stereocenters. The van der Waals surface area contributed by atoms with E-state index in [2.05, 4.69) is 5.32 Å². The third-order valence-electron chi connectivity index (χ3n) is 4.46. The predicted octanol–water partition coefficient (Wildman–Crippen LogP) is 1.33. The van der Waals surface area contributed by atoms with Crippen LogP contribution in [0.15, 0.2) is 24.3 Å². The lowest BCUT2D eigenvalue weighted by molar-refractivity contribution is -0.146. The van der Waals surface area contributed by atoms with Crippen LogP contribution >= 0.6 is 0 Å². The number of amides is 3. The summed E-state index contributed by atoms with van der Waals surface area (Å²) in [4.78, 5) is 37.5. The van der Waals surface area contributed by atoms with Crippen LogP contribution < -0.4 is 5.32 Å². The Labute approximate surface area is 146 Å². The Morgan fingerprint density at radius 3 is 2.36 bits per heavy atom. The molecule has 134 valence electrons. The van der Waals surface area contributed by atoms with E-state index < -0.39 is 5.79 Å². The fourth-order valence-electron chi connectivity index (χ4n) is 3.06. The maximum absolute atomic E-state index is 12.2. The van der Waals surface area contributed by atoms with E-state index in [0.717, 1.165) is 0 Å². The van der Waals surface area contributed by atoms with Crippen molar-refractivity contribution in [1.82, 2.24) is 10.2 Å². The molecule has 3 rings (SSSR count). The van der Waals surface area contributed by atoms with Crippen molar-refractivity contribution in [3.05, 3.63) is 35.4 Å². The van der Waals surface area contributed by atoms with Gasteiger partial charge in [0, 0.05) is 25.9 Å². The first-order valence-electron chi connectivity index (χ1n) is 8.50. The maximum atomic E-state index is 12.2. The van der Waals surface area contributed by atoms with Crippen molar-refractivity contribution in [2.75, 3.05) is 26.3 Å². The summed E-state index contributed by atoms with van der Waals surface area (Å²) in [5.41, 5.74) is 0.864. The van der Waals surface area contributed by atoms with Gasteiger partial charge in [0.2, 0.25) is 5.91 Å². The van der Waals surface area contributed by atoms with Gasteiger partial charge in [-0.25, -0.2) is 0 Å². The second kappa shape index (κ2) is 7.33. The normalized spacial score (nSPS) is 18.5. The van der Waals surface area contributed by atoms with Crippen LogP contribution in [0.2, 0.25) is 0 Å². The number of hydrogen-bond donors (Lipinski definition) is 1. The van der Waals surface area contributed by atoms with Crippen LogP contribution in [0.3, 0.4) is 0 Å². The SMILES string of the molecule is CC1(CCNC(=O)CCCN2C(=O)c3ccccc3C2=O)OCCO1. The van der Waals surface area contributed by atoms with Crippen LogP contribution in [0.25, 0.3) is 0 Å². The van der Waals surface area contributed by atoms with E-state index in [0.29, 0.717) is 43.7 Å². The van der Waals surface area contributed by atoms with Gasteiger partial charge < -0.3 is 14.8 Å². The van der Waals surface area contributed by atoms with Crippen molar-refractivity contribution in [3.63, 3.8) is 0 Å². The molecule has 1 saturated heterocycles. The number of ether oxygens (including phenoxy) is 2. The molecule has 25 heavy (non-hydrogen) atoms. The molecule has 0 saturated carbocycles. The minimum absolute atomic E-state index is 0.113. The zero-order chi connectivity index (χ0) is 17.9. The average Bonchev–Trinajstić information content (AvgIpc) is 3.13. The Morgan fingerprint density at radius 1 is 1.16 bits per heavy atom. The van der Waals surface area contributed by atoms with Crippen molar-refractivity contribution in [1.29, 1.82) is 0 Å². The molecule has 1 aromatic rings. The van der Waals surface area contributed by atoms with Crippen molar-refractivity contribution >= 4 is 17.7 Å². The molecule has 0 aliphatic carbocycles. The van der Waals surface area contributed by atoms with Crippen molar-refractivity contribution < 1.29 is 23.9 Å². The van der Waals surface area contributed by atoms with Crippen LogP contribution in [0, 0.1) is 0 Å². The van der Waals surface area contributed by atoms with Gasteiger partial charge in [-0.3, -0.25) is 19.3 Å². The molecule has 1 fully saturated rings. The summed E-state index contributed by atoms with van der Waals surface area (Å²) < 4.78 is 10.9. The minimum atomic E-state index is -0.618. The Kier molecular flexibility index (Phi) is 5.15. The summed E-state index contributed by atoms with van der Waals surface area (Å²) in [7, 11) is 0. The highest BCUT2D eigenvalue weighted by Crippen LogP contribution is 2.23. The van der Waals surface area contributed by atoms with Crippen molar-refractivity contribution in [2.24, 2.45) is 0 Å². The zero-order valence-electron chi connectivity index (χ0n) is 14.2. The molecule has 7 heteroatoms. The molecule has 0 aromatic heterocycles. The molecule has 2 heterocycles. The van der Waals surface area contributed by atoms with Crippen LogP contribution in [-0.2, 0) is 14.3 Å². The van der Waals surface area contributed by atoms with E-state index in [-0.39, 0.29) is 30.7 Å². The number of nitrogens with one attached hydrogen (secondary N) is 1.